The van der Waals surface area contributed by atoms with Crippen LogP contribution in [0.3, 0.4) is 0 Å². The Balaban J connectivity index is 2.15. The zero-order valence-electron chi connectivity index (χ0n) is 12.4. The highest BCUT2D eigenvalue weighted by Crippen LogP contribution is 2.36. The zero-order valence-corrected chi connectivity index (χ0v) is 12.4. The summed E-state index contributed by atoms with van der Waals surface area (Å²) in [5, 5.41) is 3.34. The molecule has 2 rings (SSSR count). The number of benzene rings is 1. The van der Waals surface area contributed by atoms with Gasteiger partial charge >= 0.3 is 0 Å². The molecule has 1 saturated heterocycles. The number of hydrogen-bond acceptors (Lipinski definition) is 3. The molecular formula is C16H26N2O. The van der Waals surface area contributed by atoms with Crippen LogP contribution in [-0.4, -0.2) is 38.7 Å². The van der Waals surface area contributed by atoms with Crippen molar-refractivity contribution in [1.82, 2.24) is 10.2 Å². The quantitative estimate of drug-likeness (QED) is 0.852. The average Bonchev–Trinajstić information content (AvgIpc) is 2.83. The number of nitrogens with one attached hydrogen (secondary N) is 1. The zero-order chi connectivity index (χ0) is 13.7. The molecule has 3 nitrogen and oxygen atoms in total. The van der Waals surface area contributed by atoms with Gasteiger partial charge in [-0.2, -0.15) is 0 Å². The van der Waals surface area contributed by atoms with Gasteiger partial charge in [0.2, 0.25) is 0 Å². The number of methoxy groups -OCH3 is 1. The van der Waals surface area contributed by atoms with Crippen LogP contribution in [0, 0.1) is 5.92 Å². The summed E-state index contributed by atoms with van der Waals surface area (Å²) in [4.78, 5) is 2.59. The van der Waals surface area contributed by atoms with Gasteiger partial charge in [-0.05, 0) is 50.1 Å². The number of ether oxygens (including phenoxy) is 1. The van der Waals surface area contributed by atoms with E-state index < -0.39 is 0 Å². The fourth-order valence-corrected chi connectivity index (χ4v) is 3.22. The third-order valence-electron chi connectivity index (χ3n) is 4.13. The average molecular weight is 262 g/mol. The standard InChI is InChI=1S/C16H26N2O/c1-4-18-10-9-15(11-17-2)16(18)14-7-5-13(6-8-14)12-19-3/h5-8,15-17H,4,9-12H2,1-3H3. The highest BCUT2D eigenvalue weighted by Gasteiger charge is 2.33. The molecule has 1 heterocycles. The first kappa shape index (κ1) is 14.5. The van der Waals surface area contributed by atoms with Crippen molar-refractivity contribution in [3.8, 4) is 0 Å². The van der Waals surface area contributed by atoms with Gasteiger partial charge in [0.1, 0.15) is 0 Å². The van der Waals surface area contributed by atoms with Crippen LogP contribution in [0.4, 0.5) is 0 Å². The Kier molecular flexibility index (Phi) is 5.37. The minimum absolute atomic E-state index is 0.564. The predicted molar refractivity (Wildman–Crippen MR) is 79.2 cm³/mol. The maximum atomic E-state index is 5.17. The molecule has 3 heteroatoms. The molecule has 0 aromatic heterocycles. The van der Waals surface area contributed by atoms with Crippen LogP contribution in [0.5, 0.6) is 0 Å². The third kappa shape index (κ3) is 3.35. The van der Waals surface area contributed by atoms with Gasteiger partial charge < -0.3 is 10.1 Å². The summed E-state index contributed by atoms with van der Waals surface area (Å²) in [6.45, 7) is 6.40. The first-order valence-electron chi connectivity index (χ1n) is 7.26. The topological polar surface area (TPSA) is 24.5 Å². The Bertz CT molecular complexity index is 377. The summed E-state index contributed by atoms with van der Waals surface area (Å²) in [6, 6.07) is 9.50. The van der Waals surface area contributed by atoms with Crippen LogP contribution < -0.4 is 5.32 Å². The van der Waals surface area contributed by atoms with Crippen molar-refractivity contribution in [2.45, 2.75) is 26.0 Å². The molecule has 2 unspecified atom stereocenters. The van der Waals surface area contributed by atoms with E-state index in [9.17, 15) is 0 Å². The first-order valence-corrected chi connectivity index (χ1v) is 7.26. The smallest absolute Gasteiger partial charge is 0.0713 e. The predicted octanol–water partition coefficient (Wildman–Crippen LogP) is 2.44. The van der Waals surface area contributed by atoms with Gasteiger partial charge in [0.05, 0.1) is 6.61 Å². The SMILES string of the molecule is CCN1CCC(CNC)C1c1ccc(COC)cc1. The molecule has 0 aliphatic carbocycles. The van der Waals surface area contributed by atoms with E-state index in [2.05, 4.69) is 41.4 Å². The summed E-state index contributed by atoms with van der Waals surface area (Å²) in [6.07, 6.45) is 1.29. The van der Waals surface area contributed by atoms with Crippen molar-refractivity contribution >= 4 is 0 Å². The Morgan fingerprint density at radius 2 is 2.05 bits per heavy atom. The highest BCUT2D eigenvalue weighted by atomic mass is 16.5. The first-order chi connectivity index (χ1) is 9.30. The van der Waals surface area contributed by atoms with E-state index in [-0.39, 0.29) is 0 Å². The monoisotopic (exact) mass is 262 g/mol. The lowest BCUT2D eigenvalue weighted by Crippen LogP contribution is -2.29. The maximum Gasteiger partial charge on any atom is 0.0713 e. The molecule has 1 N–H and O–H groups in total. The van der Waals surface area contributed by atoms with Crippen molar-refractivity contribution in [3.05, 3.63) is 35.4 Å². The fourth-order valence-electron chi connectivity index (χ4n) is 3.22. The molecule has 1 aromatic carbocycles. The molecule has 0 radical (unpaired) electrons. The molecular weight excluding hydrogens is 236 g/mol. The molecule has 0 amide bonds. The fraction of sp³-hybridized carbons (Fsp3) is 0.625. The summed E-state index contributed by atoms with van der Waals surface area (Å²) < 4.78 is 5.17. The second-order valence-electron chi connectivity index (χ2n) is 5.35. The minimum Gasteiger partial charge on any atom is -0.380 e. The summed E-state index contributed by atoms with van der Waals surface area (Å²) in [7, 11) is 3.79. The summed E-state index contributed by atoms with van der Waals surface area (Å²) >= 11 is 0. The van der Waals surface area contributed by atoms with Crippen molar-refractivity contribution in [1.29, 1.82) is 0 Å². The third-order valence-corrected chi connectivity index (χ3v) is 4.13. The van der Waals surface area contributed by atoms with Crippen molar-refractivity contribution in [2.75, 3.05) is 33.8 Å². The largest absolute Gasteiger partial charge is 0.380 e. The van der Waals surface area contributed by atoms with Gasteiger partial charge in [-0.3, -0.25) is 4.90 Å². The normalized spacial score (nSPS) is 23.9. The van der Waals surface area contributed by atoms with Gasteiger partial charge in [0.25, 0.3) is 0 Å². The number of rotatable bonds is 6. The minimum atomic E-state index is 0.564. The molecule has 1 aromatic rings. The molecule has 0 spiro atoms. The van der Waals surface area contributed by atoms with E-state index in [0.29, 0.717) is 12.6 Å². The van der Waals surface area contributed by atoms with E-state index in [4.69, 9.17) is 4.74 Å². The molecule has 1 aliphatic rings. The van der Waals surface area contributed by atoms with Gasteiger partial charge in [0, 0.05) is 13.2 Å². The maximum absolute atomic E-state index is 5.17. The Labute approximate surface area is 116 Å². The molecule has 1 fully saturated rings. The van der Waals surface area contributed by atoms with E-state index in [1.54, 1.807) is 7.11 Å². The molecule has 1 aliphatic heterocycles. The second-order valence-corrected chi connectivity index (χ2v) is 5.35. The van der Waals surface area contributed by atoms with E-state index >= 15 is 0 Å². The number of nitrogens with zero attached hydrogens (tertiary/aromatic N) is 1. The number of hydrogen-bond donors (Lipinski definition) is 1. The Hall–Kier alpha value is -0.900. The molecule has 19 heavy (non-hydrogen) atoms. The van der Waals surface area contributed by atoms with Crippen LogP contribution in [0.15, 0.2) is 24.3 Å². The van der Waals surface area contributed by atoms with Crippen LogP contribution in [0.2, 0.25) is 0 Å². The Morgan fingerprint density at radius 1 is 1.32 bits per heavy atom. The van der Waals surface area contributed by atoms with Crippen LogP contribution in [0.25, 0.3) is 0 Å². The molecule has 106 valence electrons. The molecule has 0 bridgehead atoms. The van der Waals surface area contributed by atoms with Crippen LogP contribution in [-0.2, 0) is 11.3 Å². The second kappa shape index (κ2) is 7.04. The summed E-state index contributed by atoms with van der Waals surface area (Å²) in [5.41, 5.74) is 2.69. The highest BCUT2D eigenvalue weighted by molar-refractivity contribution is 5.26. The summed E-state index contributed by atoms with van der Waals surface area (Å²) in [5.74, 6) is 0.721. The lowest BCUT2D eigenvalue weighted by atomic mass is 9.93. The van der Waals surface area contributed by atoms with E-state index in [1.165, 1.54) is 24.1 Å². The lowest BCUT2D eigenvalue weighted by molar-refractivity contribution is 0.185. The van der Waals surface area contributed by atoms with Gasteiger partial charge in [0.15, 0.2) is 0 Å². The number of likely N-dealkylation sites (tertiary alicyclic amines) is 1. The molecule has 2 atom stereocenters. The van der Waals surface area contributed by atoms with Gasteiger partial charge in [-0.25, -0.2) is 0 Å². The van der Waals surface area contributed by atoms with Crippen LogP contribution in [0.1, 0.15) is 30.5 Å². The van der Waals surface area contributed by atoms with Gasteiger partial charge in [-0.1, -0.05) is 31.2 Å². The van der Waals surface area contributed by atoms with Crippen molar-refractivity contribution < 1.29 is 4.74 Å². The van der Waals surface area contributed by atoms with Gasteiger partial charge in [-0.15, -0.1) is 0 Å². The lowest BCUT2D eigenvalue weighted by Gasteiger charge is -2.28. The molecule has 0 saturated carbocycles. The van der Waals surface area contributed by atoms with Crippen molar-refractivity contribution in [3.63, 3.8) is 0 Å². The van der Waals surface area contributed by atoms with E-state index in [0.717, 1.165) is 19.0 Å². The van der Waals surface area contributed by atoms with Crippen molar-refractivity contribution in [2.24, 2.45) is 5.92 Å². The Morgan fingerprint density at radius 3 is 2.63 bits per heavy atom. The van der Waals surface area contributed by atoms with E-state index in [1.807, 2.05) is 7.05 Å². The van der Waals surface area contributed by atoms with Crippen LogP contribution >= 0.6 is 0 Å².